The molecule has 0 saturated heterocycles. The second kappa shape index (κ2) is 9.43. The Morgan fingerprint density at radius 2 is 1.82 bits per heavy atom. The van der Waals surface area contributed by atoms with Gasteiger partial charge in [0.15, 0.2) is 5.84 Å². The third-order valence-electron chi connectivity index (χ3n) is 4.97. The summed E-state index contributed by atoms with van der Waals surface area (Å²) in [5.74, 6) is 0.549. The third-order valence-corrected chi connectivity index (χ3v) is 6.31. The van der Waals surface area contributed by atoms with Gasteiger partial charge < -0.3 is 20.5 Å². The number of anilines is 1. The van der Waals surface area contributed by atoms with Gasteiger partial charge in [0.2, 0.25) is 0 Å². The molecule has 170 valence electrons. The summed E-state index contributed by atoms with van der Waals surface area (Å²) in [7, 11) is -3.71. The minimum atomic E-state index is -3.71. The van der Waals surface area contributed by atoms with Crippen LogP contribution in [0.5, 0.6) is 5.75 Å². The summed E-state index contributed by atoms with van der Waals surface area (Å²) >= 11 is 0. The van der Waals surface area contributed by atoms with E-state index < -0.39 is 16.1 Å². The molecule has 0 spiro atoms. The number of ether oxygens (including phenoxy) is 1. The summed E-state index contributed by atoms with van der Waals surface area (Å²) in [6.45, 7) is 2.04. The van der Waals surface area contributed by atoms with Crippen LogP contribution in [0.15, 0.2) is 82.1 Å². The van der Waals surface area contributed by atoms with Gasteiger partial charge in [-0.15, -0.1) is 4.40 Å². The number of sulfonamides is 1. The van der Waals surface area contributed by atoms with Gasteiger partial charge in [0.25, 0.3) is 15.9 Å². The fourth-order valence-corrected chi connectivity index (χ4v) is 4.48. The highest BCUT2D eigenvalue weighted by atomic mass is 32.2. The molecule has 3 aromatic rings. The Morgan fingerprint density at radius 1 is 1.06 bits per heavy atom. The van der Waals surface area contributed by atoms with Crippen LogP contribution in [-0.2, 0) is 10.0 Å². The molecule has 1 atom stereocenters. The maximum atomic E-state index is 12.4. The summed E-state index contributed by atoms with van der Waals surface area (Å²) < 4.78 is 33.6. The van der Waals surface area contributed by atoms with E-state index in [1.54, 1.807) is 48.5 Å². The van der Waals surface area contributed by atoms with Crippen molar-refractivity contribution in [2.45, 2.75) is 17.9 Å². The normalized spacial score (nSPS) is 14.7. The second-order valence-electron chi connectivity index (χ2n) is 7.60. The molecule has 0 radical (unpaired) electrons. The maximum Gasteiger partial charge on any atom is 0.285 e. The molecule has 3 aromatic carbocycles. The Hall–Kier alpha value is -3.69. The van der Waals surface area contributed by atoms with Gasteiger partial charge in [-0.05, 0) is 61.0 Å². The zero-order chi connectivity index (χ0) is 23.4. The lowest BCUT2D eigenvalue weighted by atomic mass is 10.1. The monoisotopic (exact) mass is 465 g/mol. The first-order valence-electron chi connectivity index (χ1n) is 10.3. The molecule has 4 rings (SSSR count). The fourth-order valence-electron chi connectivity index (χ4n) is 3.31. The van der Waals surface area contributed by atoms with Crippen molar-refractivity contribution in [3.63, 3.8) is 0 Å². The molecule has 8 nitrogen and oxygen atoms in total. The van der Waals surface area contributed by atoms with E-state index in [2.05, 4.69) is 15.0 Å². The lowest BCUT2D eigenvalue weighted by molar-refractivity contribution is 0.0843. The van der Waals surface area contributed by atoms with E-state index in [1.807, 2.05) is 25.1 Å². The number of benzene rings is 3. The number of carbonyl (C=O) groups excluding carboxylic acids is 1. The predicted molar refractivity (Wildman–Crippen MR) is 125 cm³/mol. The van der Waals surface area contributed by atoms with Crippen molar-refractivity contribution in [1.82, 2.24) is 5.32 Å². The van der Waals surface area contributed by atoms with Gasteiger partial charge in [0.05, 0.1) is 0 Å². The number of hydrogen-bond donors (Lipinski definition) is 3. The van der Waals surface area contributed by atoms with E-state index in [0.717, 1.165) is 5.56 Å². The molecular formula is C24H23N3O5S. The van der Waals surface area contributed by atoms with Crippen molar-refractivity contribution in [3.8, 4) is 5.75 Å². The van der Waals surface area contributed by atoms with Crippen LogP contribution in [0.25, 0.3) is 0 Å². The number of carbonyl (C=O) groups is 1. The molecule has 3 N–H and O–H groups in total. The number of amidine groups is 1. The van der Waals surface area contributed by atoms with Crippen LogP contribution in [0.2, 0.25) is 0 Å². The first kappa shape index (κ1) is 22.5. The van der Waals surface area contributed by atoms with Crippen LogP contribution in [0.4, 0.5) is 5.69 Å². The molecule has 1 unspecified atom stereocenters. The average Bonchev–Trinajstić information content (AvgIpc) is 3.06. The standard InChI is InChI=1S/C24H23N3O5S/c1-16-5-4-6-20(13-16)32-15-19(28)14-25-24(29)17-9-11-18(12-10-17)26-23-21-7-2-3-8-22(21)33(30,31)27-23/h2-13,19,28H,14-15H2,1H3,(H,25,29)(H,26,27). The van der Waals surface area contributed by atoms with Crippen molar-refractivity contribution < 1.29 is 23.1 Å². The van der Waals surface area contributed by atoms with Crippen molar-refractivity contribution in [1.29, 1.82) is 0 Å². The summed E-state index contributed by atoms with van der Waals surface area (Å²) in [6, 6.07) is 20.6. The molecule has 1 amide bonds. The number of hydrogen-bond acceptors (Lipinski definition) is 6. The van der Waals surface area contributed by atoms with Crippen LogP contribution < -0.4 is 15.4 Å². The molecule has 0 bridgehead atoms. The van der Waals surface area contributed by atoms with Crippen molar-refractivity contribution in [2.24, 2.45) is 4.40 Å². The minimum Gasteiger partial charge on any atom is -0.491 e. The number of aryl methyl sites for hydroxylation is 1. The van der Waals surface area contributed by atoms with Gasteiger partial charge in [-0.3, -0.25) is 4.79 Å². The Bertz CT molecular complexity index is 1300. The lowest BCUT2D eigenvalue weighted by Crippen LogP contribution is -2.35. The number of rotatable bonds is 7. The van der Waals surface area contributed by atoms with Crippen LogP contribution in [0.1, 0.15) is 21.5 Å². The summed E-state index contributed by atoms with van der Waals surface area (Å²) in [4.78, 5) is 12.5. The SMILES string of the molecule is Cc1cccc(OCC(O)CNC(=O)c2ccc(NC3=NS(=O)(=O)c4ccccc43)cc2)c1. The summed E-state index contributed by atoms with van der Waals surface area (Å²) in [6.07, 6.45) is -0.863. The van der Waals surface area contributed by atoms with Gasteiger partial charge in [-0.2, -0.15) is 8.42 Å². The highest BCUT2D eigenvalue weighted by molar-refractivity contribution is 7.90. The first-order valence-corrected chi connectivity index (χ1v) is 11.7. The lowest BCUT2D eigenvalue weighted by Gasteiger charge is -2.14. The molecule has 9 heteroatoms. The zero-order valence-electron chi connectivity index (χ0n) is 17.9. The molecule has 1 heterocycles. The largest absolute Gasteiger partial charge is 0.491 e. The van der Waals surface area contributed by atoms with Gasteiger partial charge in [0, 0.05) is 23.4 Å². The molecule has 1 aliphatic heterocycles. The zero-order valence-corrected chi connectivity index (χ0v) is 18.7. The van der Waals surface area contributed by atoms with Gasteiger partial charge in [-0.1, -0.05) is 24.3 Å². The summed E-state index contributed by atoms with van der Waals surface area (Å²) in [5.41, 5.74) is 2.54. The van der Waals surface area contributed by atoms with E-state index in [-0.39, 0.29) is 29.8 Å². The first-order chi connectivity index (χ1) is 15.8. The smallest absolute Gasteiger partial charge is 0.285 e. The maximum absolute atomic E-state index is 12.4. The Labute approximate surface area is 192 Å². The molecular weight excluding hydrogens is 442 g/mol. The molecule has 0 aliphatic carbocycles. The Balaban J connectivity index is 1.30. The number of amides is 1. The molecule has 33 heavy (non-hydrogen) atoms. The number of nitrogens with one attached hydrogen (secondary N) is 2. The highest BCUT2D eigenvalue weighted by Crippen LogP contribution is 2.26. The van der Waals surface area contributed by atoms with Crippen molar-refractivity contribution in [2.75, 3.05) is 18.5 Å². The molecule has 0 saturated carbocycles. The topological polar surface area (TPSA) is 117 Å². The number of nitrogens with zero attached hydrogens (tertiary/aromatic N) is 1. The van der Waals surface area contributed by atoms with Crippen LogP contribution >= 0.6 is 0 Å². The van der Waals surface area contributed by atoms with Crippen molar-refractivity contribution in [3.05, 3.63) is 89.5 Å². The Morgan fingerprint density at radius 3 is 2.58 bits per heavy atom. The number of aliphatic hydroxyl groups is 1. The second-order valence-corrected chi connectivity index (χ2v) is 9.18. The average molecular weight is 466 g/mol. The van der Waals surface area contributed by atoms with Gasteiger partial charge in [-0.25, -0.2) is 0 Å². The number of fused-ring (bicyclic) bond motifs is 1. The fraction of sp³-hybridized carbons (Fsp3) is 0.167. The van der Waals surface area contributed by atoms with Crippen LogP contribution in [0, 0.1) is 6.92 Å². The minimum absolute atomic E-state index is 0.0378. The highest BCUT2D eigenvalue weighted by Gasteiger charge is 2.28. The quantitative estimate of drug-likeness (QED) is 0.494. The van der Waals surface area contributed by atoms with E-state index in [1.165, 1.54) is 6.07 Å². The Kier molecular flexibility index (Phi) is 6.43. The van der Waals surface area contributed by atoms with Crippen molar-refractivity contribution >= 4 is 27.5 Å². The molecule has 0 fully saturated rings. The summed E-state index contributed by atoms with van der Waals surface area (Å²) in [5, 5.41) is 15.7. The third kappa shape index (κ3) is 5.39. The van der Waals surface area contributed by atoms with E-state index in [0.29, 0.717) is 22.6 Å². The van der Waals surface area contributed by atoms with Crippen LogP contribution in [0.3, 0.4) is 0 Å². The van der Waals surface area contributed by atoms with E-state index in [9.17, 15) is 18.3 Å². The molecule has 1 aliphatic rings. The van der Waals surface area contributed by atoms with E-state index >= 15 is 0 Å². The number of aliphatic hydroxyl groups excluding tert-OH is 1. The molecule has 0 aromatic heterocycles. The van der Waals surface area contributed by atoms with E-state index in [4.69, 9.17) is 4.74 Å². The van der Waals surface area contributed by atoms with Crippen LogP contribution in [-0.4, -0.2) is 44.5 Å². The van der Waals surface area contributed by atoms with Gasteiger partial charge in [0.1, 0.15) is 23.4 Å². The van der Waals surface area contributed by atoms with Gasteiger partial charge >= 0.3 is 0 Å². The predicted octanol–water partition coefficient (Wildman–Crippen LogP) is 2.73.